The van der Waals surface area contributed by atoms with Crippen LogP contribution in [-0.4, -0.2) is 58.8 Å². The molecule has 1 aliphatic rings. The number of nitrogens with zero attached hydrogens (tertiary/aromatic N) is 5. The van der Waals surface area contributed by atoms with E-state index in [2.05, 4.69) is 25.5 Å². The quantitative estimate of drug-likeness (QED) is 0.398. The SMILES string of the molecule is Cc1ccn(-c2cccc(N(C)C)c2)c(=O)c1N1CCc2nc(NC(=O)NCCCC(=O)O)ncc2C1. The molecule has 0 unspecified atom stereocenters. The summed E-state index contributed by atoms with van der Waals surface area (Å²) in [5.74, 6) is -0.723. The molecule has 11 heteroatoms. The van der Waals surface area contributed by atoms with Gasteiger partial charge in [0.1, 0.15) is 5.69 Å². The lowest BCUT2D eigenvalue weighted by molar-refractivity contribution is -0.137. The number of urea groups is 1. The molecule has 194 valence electrons. The van der Waals surface area contributed by atoms with E-state index in [0.717, 1.165) is 28.2 Å². The van der Waals surface area contributed by atoms with E-state index in [1.165, 1.54) is 0 Å². The van der Waals surface area contributed by atoms with E-state index in [9.17, 15) is 14.4 Å². The highest BCUT2D eigenvalue weighted by Crippen LogP contribution is 2.25. The van der Waals surface area contributed by atoms with Gasteiger partial charge in [-0.25, -0.2) is 14.8 Å². The van der Waals surface area contributed by atoms with E-state index in [1.807, 2.05) is 62.4 Å². The van der Waals surface area contributed by atoms with Crippen LogP contribution in [0.4, 0.5) is 22.1 Å². The van der Waals surface area contributed by atoms with Gasteiger partial charge in [0.2, 0.25) is 5.95 Å². The van der Waals surface area contributed by atoms with Crippen molar-refractivity contribution in [1.29, 1.82) is 0 Å². The number of carboxylic acid groups (broad SMARTS) is 1. The van der Waals surface area contributed by atoms with Gasteiger partial charge in [0, 0.05) is 70.2 Å². The molecule has 0 bridgehead atoms. The highest BCUT2D eigenvalue weighted by atomic mass is 16.4. The van der Waals surface area contributed by atoms with E-state index in [0.29, 0.717) is 31.6 Å². The Bertz CT molecular complexity index is 1370. The Labute approximate surface area is 214 Å². The molecule has 0 atom stereocenters. The lowest BCUT2D eigenvalue weighted by atomic mass is 10.1. The first-order valence-electron chi connectivity index (χ1n) is 12.1. The van der Waals surface area contributed by atoms with Crippen LogP contribution in [0.3, 0.4) is 0 Å². The maximum absolute atomic E-state index is 13.6. The molecule has 3 aromatic rings. The Balaban J connectivity index is 1.49. The Kier molecular flexibility index (Phi) is 7.71. The van der Waals surface area contributed by atoms with Crippen molar-refractivity contribution in [3.05, 3.63) is 69.9 Å². The van der Waals surface area contributed by atoms with Gasteiger partial charge in [0.15, 0.2) is 0 Å². The molecule has 0 radical (unpaired) electrons. The number of aryl methyl sites for hydroxylation is 1. The van der Waals surface area contributed by atoms with Gasteiger partial charge in [-0.15, -0.1) is 0 Å². The normalized spacial score (nSPS) is 12.6. The minimum Gasteiger partial charge on any atom is -0.481 e. The third-order valence-corrected chi connectivity index (χ3v) is 6.22. The molecule has 4 rings (SSSR count). The molecule has 2 aromatic heterocycles. The van der Waals surface area contributed by atoms with Gasteiger partial charge in [0.05, 0.1) is 11.4 Å². The van der Waals surface area contributed by atoms with Gasteiger partial charge in [0.25, 0.3) is 5.56 Å². The summed E-state index contributed by atoms with van der Waals surface area (Å²) in [5.41, 5.74) is 4.98. The van der Waals surface area contributed by atoms with Crippen LogP contribution in [0.2, 0.25) is 0 Å². The number of amides is 2. The number of aliphatic carboxylic acids is 1. The van der Waals surface area contributed by atoms with Crippen molar-refractivity contribution in [2.75, 3.05) is 42.3 Å². The van der Waals surface area contributed by atoms with Gasteiger partial charge < -0.3 is 20.2 Å². The van der Waals surface area contributed by atoms with Crippen LogP contribution in [0.25, 0.3) is 5.69 Å². The topological polar surface area (TPSA) is 133 Å². The summed E-state index contributed by atoms with van der Waals surface area (Å²) in [7, 11) is 3.93. The monoisotopic (exact) mass is 505 g/mol. The van der Waals surface area contributed by atoms with Gasteiger partial charge in [-0.2, -0.15) is 0 Å². The largest absolute Gasteiger partial charge is 0.481 e. The van der Waals surface area contributed by atoms with Gasteiger partial charge in [-0.05, 0) is 43.2 Å². The number of benzene rings is 1. The summed E-state index contributed by atoms with van der Waals surface area (Å²) in [6.07, 6.45) is 4.40. The molecule has 0 spiro atoms. The molecule has 3 heterocycles. The fourth-order valence-electron chi connectivity index (χ4n) is 4.28. The second kappa shape index (κ2) is 11.1. The average Bonchev–Trinajstić information content (AvgIpc) is 2.86. The second-order valence-corrected chi connectivity index (χ2v) is 9.15. The van der Waals surface area contributed by atoms with E-state index in [-0.39, 0.29) is 24.5 Å². The molecular weight excluding hydrogens is 474 g/mol. The zero-order chi connectivity index (χ0) is 26.5. The third kappa shape index (κ3) is 6.05. The van der Waals surface area contributed by atoms with Crippen LogP contribution in [0.1, 0.15) is 29.7 Å². The van der Waals surface area contributed by atoms with Crippen LogP contribution in [-0.2, 0) is 17.8 Å². The maximum Gasteiger partial charge on any atom is 0.321 e. The van der Waals surface area contributed by atoms with Crippen molar-refractivity contribution >= 4 is 29.3 Å². The van der Waals surface area contributed by atoms with E-state index in [1.54, 1.807) is 10.8 Å². The van der Waals surface area contributed by atoms with Gasteiger partial charge in [-0.1, -0.05) is 6.07 Å². The number of fused-ring (bicyclic) bond motifs is 1. The second-order valence-electron chi connectivity index (χ2n) is 9.15. The Hall–Kier alpha value is -4.41. The van der Waals surface area contributed by atoms with Crippen molar-refractivity contribution in [3.63, 3.8) is 0 Å². The molecule has 1 aromatic carbocycles. The molecule has 0 aliphatic carbocycles. The Morgan fingerprint density at radius 1 is 1.22 bits per heavy atom. The summed E-state index contributed by atoms with van der Waals surface area (Å²) in [6.45, 7) is 3.26. The first kappa shape index (κ1) is 25.7. The van der Waals surface area contributed by atoms with Crippen molar-refractivity contribution in [1.82, 2.24) is 19.9 Å². The first-order valence-corrected chi connectivity index (χ1v) is 12.1. The number of anilines is 3. The fourth-order valence-corrected chi connectivity index (χ4v) is 4.28. The van der Waals surface area contributed by atoms with Gasteiger partial charge >= 0.3 is 12.0 Å². The predicted molar refractivity (Wildman–Crippen MR) is 142 cm³/mol. The number of hydrogen-bond acceptors (Lipinski definition) is 7. The molecule has 0 saturated heterocycles. The van der Waals surface area contributed by atoms with Crippen molar-refractivity contribution in [3.8, 4) is 5.69 Å². The number of carbonyl (C=O) groups excluding carboxylic acids is 1. The molecule has 11 nitrogen and oxygen atoms in total. The van der Waals surface area contributed by atoms with E-state index < -0.39 is 12.0 Å². The molecule has 0 saturated carbocycles. The number of aromatic nitrogens is 3. The first-order chi connectivity index (χ1) is 17.7. The fraction of sp³-hybridized carbons (Fsp3) is 0.346. The zero-order valence-corrected chi connectivity index (χ0v) is 21.2. The third-order valence-electron chi connectivity index (χ3n) is 6.22. The lowest BCUT2D eigenvalue weighted by Crippen LogP contribution is -2.37. The number of nitrogens with one attached hydrogen (secondary N) is 2. The van der Waals surface area contributed by atoms with Crippen LogP contribution in [0.5, 0.6) is 0 Å². The zero-order valence-electron chi connectivity index (χ0n) is 21.2. The van der Waals surface area contributed by atoms with E-state index in [4.69, 9.17) is 5.11 Å². The molecule has 37 heavy (non-hydrogen) atoms. The van der Waals surface area contributed by atoms with E-state index >= 15 is 0 Å². The standard InChI is InChI=1S/C26H31N7O4/c1-17-9-13-33(20-7-4-6-19(14-20)31(2)3)24(36)23(17)32-12-10-21-18(16-32)15-28-25(29-21)30-26(37)27-11-5-8-22(34)35/h4,6-7,9,13-15H,5,8,10-12,16H2,1-3H3,(H,34,35)(H2,27,28,29,30,37). The molecule has 0 fully saturated rings. The molecular formula is C26H31N7O4. The Morgan fingerprint density at radius 2 is 2.03 bits per heavy atom. The number of rotatable bonds is 8. The summed E-state index contributed by atoms with van der Waals surface area (Å²) in [5, 5.41) is 13.9. The number of pyridine rings is 1. The smallest absolute Gasteiger partial charge is 0.321 e. The lowest BCUT2D eigenvalue weighted by Gasteiger charge is -2.31. The summed E-state index contributed by atoms with van der Waals surface area (Å²) < 4.78 is 1.67. The summed E-state index contributed by atoms with van der Waals surface area (Å²) in [6, 6.07) is 9.31. The molecule has 3 N–H and O–H groups in total. The van der Waals surface area contributed by atoms with Crippen LogP contribution < -0.4 is 26.0 Å². The minimum atomic E-state index is -0.905. The number of hydrogen-bond donors (Lipinski definition) is 3. The van der Waals surface area contributed by atoms with Crippen molar-refractivity contribution in [2.45, 2.75) is 32.7 Å². The number of carboxylic acids is 1. The average molecular weight is 506 g/mol. The molecule has 1 aliphatic heterocycles. The van der Waals surface area contributed by atoms with Crippen LogP contribution in [0, 0.1) is 6.92 Å². The van der Waals surface area contributed by atoms with Gasteiger partial charge in [-0.3, -0.25) is 19.5 Å². The summed E-state index contributed by atoms with van der Waals surface area (Å²) in [4.78, 5) is 49.0. The highest BCUT2D eigenvalue weighted by Gasteiger charge is 2.23. The van der Waals surface area contributed by atoms with Crippen LogP contribution in [0.15, 0.2) is 47.5 Å². The minimum absolute atomic E-state index is 0.0133. The highest BCUT2D eigenvalue weighted by molar-refractivity contribution is 5.87. The molecule has 2 amide bonds. The predicted octanol–water partition coefficient (Wildman–Crippen LogP) is 2.55. The van der Waals surface area contributed by atoms with Crippen LogP contribution >= 0.6 is 0 Å². The van der Waals surface area contributed by atoms with Crippen molar-refractivity contribution in [2.24, 2.45) is 0 Å². The van der Waals surface area contributed by atoms with Crippen molar-refractivity contribution < 1.29 is 14.7 Å². The Morgan fingerprint density at radius 3 is 2.78 bits per heavy atom. The summed E-state index contributed by atoms with van der Waals surface area (Å²) >= 11 is 0. The maximum atomic E-state index is 13.6. The number of carbonyl (C=O) groups is 2.